The molecule has 0 aliphatic carbocycles. The molecule has 5 rings (SSSR count). The summed E-state index contributed by atoms with van der Waals surface area (Å²) < 4.78 is 21.6. The van der Waals surface area contributed by atoms with Crippen molar-refractivity contribution >= 4 is 11.8 Å². The molecule has 154 valence electrons. The summed E-state index contributed by atoms with van der Waals surface area (Å²) in [6.07, 6.45) is 1.52. The highest BCUT2D eigenvalue weighted by atomic mass is 16.7. The normalized spacial score (nSPS) is 17.9. The highest BCUT2D eigenvalue weighted by molar-refractivity contribution is 5.91. The Hall–Kier alpha value is -3.89. The lowest BCUT2D eigenvalue weighted by Gasteiger charge is -2.30. The Bertz CT molecular complexity index is 1120. The molecular formula is C19H16N4O7. The third-order valence-corrected chi connectivity index (χ3v) is 5.10. The van der Waals surface area contributed by atoms with Gasteiger partial charge in [0.2, 0.25) is 18.6 Å². The number of nitro groups is 1. The van der Waals surface area contributed by atoms with Gasteiger partial charge in [-0.3, -0.25) is 14.9 Å². The summed E-state index contributed by atoms with van der Waals surface area (Å²) in [5.41, 5.74) is 0.713. The number of furan rings is 1. The van der Waals surface area contributed by atoms with Crippen LogP contribution in [0.15, 0.2) is 39.2 Å². The van der Waals surface area contributed by atoms with E-state index in [4.69, 9.17) is 18.3 Å². The van der Waals surface area contributed by atoms with Gasteiger partial charge in [-0.15, -0.1) is 10.2 Å². The zero-order valence-electron chi connectivity index (χ0n) is 15.6. The second kappa shape index (κ2) is 7.17. The minimum Gasteiger partial charge on any atom is -0.454 e. The number of amides is 1. The molecule has 1 atom stereocenters. The van der Waals surface area contributed by atoms with Crippen molar-refractivity contribution in [3.63, 3.8) is 0 Å². The molecule has 1 unspecified atom stereocenters. The van der Waals surface area contributed by atoms with Crippen LogP contribution in [-0.2, 0) is 0 Å². The van der Waals surface area contributed by atoms with Crippen LogP contribution in [0.4, 0.5) is 5.88 Å². The Morgan fingerprint density at radius 2 is 2.00 bits per heavy atom. The lowest BCUT2D eigenvalue weighted by Crippen LogP contribution is -2.39. The topological polar surface area (TPSA) is 134 Å². The number of nitrogens with zero attached hydrogens (tertiary/aromatic N) is 4. The first-order chi connectivity index (χ1) is 14.6. The zero-order valence-corrected chi connectivity index (χ0v) is 15.6. The number of benzene rings is 1. The maximum atomic E-state index is 12.7. The standard InChI is InChI=1S/C19H16N4O7/c24-19(14-5-6-16(29-14)23(25)26)22-7-1-2-12(9-22)18-21-20-17(30-18)11-3-4-13-15(8-11)28-10-27-13/h3-6,8,12H,1-2,7,9-10H2. The van der Waals surface area contributed by atoms with E-state index in [0.717, 1.165) is 12.8 Å². The fourth-order valence-electron chi connectivity index (χ4n) is 3.61. The molecule has 11 nitrogen and oxygen atoms in total. The summed E-state index contributed by atoms with van der Waals surface area (Å²) in [5.74, 6) is 1.02. The molecule has 30 heavy (non-hydrogen) atoms. The SMILES string of the molecule is O=C(c1ccc([N+](=O)[O-])o1)N1CCCC(c2nnc(-c3ccc4c(c3)OCO4)o2)C1. The van der Waals surface area contributed by atoms with Crippen LogP contribution in [0.3, 0.4) is 0 Å². The van der Waals surface area contributed by atoms with E-state index in [1.807, 2.05) is 6.07 Å². The molecule has 0 saturated carbocycles. The number of rotatable bonds is 4. The molecule has 0 radical (unpaired) electrons. The van der Waals surface area contributed by atoms with Crippen LogP contribution < -0.4 is 9.47 Å². The number of carbonyl (C=O) groups excluding carboxylic acids is 1. The van der Waals surface area contributed by atoms with Crippen LogP contribution in [0.5, 0.6) is 11.5 Å². The van der Waals surface area contributed by atoms with Crippen molar-refractivity contribution in [1.29, 1.82) is 0 Å². The molecule has 4 heterocycles. The first-order valence-corrected chi connectivity index (χ1v) is 9.35. The van der Waals surface area contributed by atoms with Crippen molar-refractivity contribution in [2.45, 2.75) is 18.8 Å². The predicted molar refractivity (Wildman–Crippen MR) is 99.1 cm³/mol. The number of fused-ring (bicyclic) bond motifs is 1. The van der Waals surface area contributed by atoms with Crippen LogP contribution in [-0.4, -0.2) is 45.8 Å². The van der Waals surface area contributed by atoms with Crippen LogP contribution in [0.1, 0.15) is 35.2 Å². The maximum Gasteiger partial charge on any atom is 0.433 e. The van der Waals surface area contributed by atoms with Crippen molar-refractivity contribution in [2.24, 2.45) is 0 Å². The average Bonchev–Trinajstić information content (AvgIpc) is 3.53. The minimum absolute atomic E-state index is 0.0612. The molecular weight excluding hydrogens is 396 g/mol. The van der Waals surface area contributed by atoms with Crippen LogP contribution >= 0.6 is 0 Å². The van der Waals surface area contributed by atoms with Gasteiger partial charge in [-0.1, -0.05) is 0 Å². The minimum atomic E-state index is -0.675. The quantitative estimate of drug-likeness (QED) is 0.468. The molecule has 1 amide bonds. The lowest BCUT2D eigenvalue weighted by atomic mass is 9.98. The lowest BCUT2D eigenvalue weighted by molar-refractivity contribution is -0.402. The fraction of sp³-hybridized carbons (Fsp3) is 0.316. The van der Waals surface area contributed by atoms with Gasteiger partial charge in [-0.25, -0.2) is 0 Å². The van der Waals surface area contributed by atoms with E-state index >= 15 is 0 Å². The molecule has 11 heteroatoms. The maximum absolute atomic E-state index is 12.7. The molecule has 3 aromatic rings. The number of likely N-dealkylation sites (tertiary alicyclic amines) is 1. The van der Waals surface area contributed by atoms with Gasteiger partial charge in [0.1, 0.15) is 4.92 Å². The van der Waals surface area contributed by atoms with E-state index in [9.17, 15) is 14.9 Å². The first-order valence-electron chi connectivity index (χ1n) is 9.35. The summed E-state index contributed by atoms with van der Waals surface area (Å²) >= 11 is 0. The average molecular weight is 412 g/mol. The van der Waals surface area contributed by atoms with Gasteiger partial charge in [0, 0.05) is 18.7 Å². The van der Waals surface area contributed by atoms with Crippen molar-refractivity contribution in [3.05, 3.63) is 52.1 Å². The van der Waals surface area contributed by atoms with Crippen molar-refractivity contribution < 1.29 is 28.0 Å². The highest BCUT2D eigenvalue weighted by Crippen LogP contribution is 2.36. The van der Waals surface area contributed by atoms with E-state index in [1.165, 1.54) is 12.1 Å². The van der Waals surface area contributed by atoms with E-state index in [-0.39, 0.29) is 18.5 Å². The van der Waals surface area contributed by atoms with Crippen molar-refractivity contribution in [2.75, 3.05) is 19.9 Å². The number of carbonyl (C=O) groups is 1. The molecule has 1 fully saturated rings. The van der Waals surface area contributed by atoms with Crippen molar-refractivity contribution in [1.82, 2.24) is 15.1 Å². The van der Waals surface area contributed by atoms with Gasteiger partial charge < -0.3 is 23.2 Å². The Kier molecular flexibility index (Phi) is 4.34. The van der Waals surface area contributed by atoms with Crippen molar-refractivity contribution in [3.8, 4) is 23.0 Å². The zero-order chi connectivity index (χ0) is 20.7. The number of aromatic nitrogens is 2. The molecule has 0 bridgehead atoms. The molecule has 1 aromatic carbocycles. The highest BCUT2D eigenvalue weighted by Gasteiger charge is 2.31. The van der Waals surface area contributed by atoms with Gasteiger partial charge in [0.15, 0.2) is 17.3 Å². The summed E-state index contributed by atoms with van der Waals surface area (Å²) in [6.45, 7) is 1.06. The van der Waals surface area contributed by atoms with Gasteiger partial charge in [-0.05, 0) is 37.1 Å². The Morgan fingerprint density at radius 1 is 1.13 bits per heavy atom. The van der Waals surface area contributed by atoms with Crippen LogP contribution in [0.25, 0.3) is 11.5 Å². The summed E-state index contributed by atoms with van der Waals surface area (Å²) in [7, 11) is 0. The smallest absolute Gasteiger partial charge is 0.433 e. The largest absolute Gasteiger partial charge is 0.454 e. The number of hydrogen-bond donors (Lipinski definition) is 0. The third kappa shape index (κ3) is 3.23. The number of piperidine rings is 1. The van der Waals surface area contributed by atoms with Gasteiger partial charge >= 0.3 is 5.88 Å². The van der Waals surface area contributed by atoms with E-state index in [0.29, 0.717) is 41.9 Å². The summed E-state index contributed by atoms with van der Waals surface area (Å²) in [6, 6.07) is 7.86. The van der Waals surface area contributed by atoms with Gasteiger partial charge in [0.05, 0.1) is 12.0 Å². The second-order valence-corrected chi connectivity index (χ2v) is 7.00. The van der Waals surface area contributed by atoms with Crippen LogP contribution in [0, 0.1) is 10.1 Å². The van der Waals surface area contributed by atoms with E-state index < -0.39 is 16.7 Å². The molecule has 1 saturated heterocycles. The first kappa shape index (κ1) is 18.2. The van der Waals surface area contributed by atoms with Crippen LogP contribution in [0.2, 0.25) is 0 Å². The predicted octanol–water partition coefficient (Wildman–Crippen LogP) is 2.99. The molecule has 2 aliphatic rings. The number of hydrogen-bond acceptors (Lipinski definition) is 9. The second-order valence-electron chi connectivity index (χ2n) is 7.00. The van der Waals surface area contributed by atoms with Gasteiger partial charge in [-0.2, -0.15) is 0 Å². The Labute approximate surface area is 169 Å². The Morgan fingerprint density at radius 3 is 2.83 bits per heavy atom. The van der Waals surface area contributed by atoms with Gasteiger partial charge in [0.25, 0.3) is 5.91 Å². The molecule has 2 aromatic heterocycles. The molecule has 2 aliphatic heterocycles. The van der Waals surface area contributed by atoms with E-state index in [2.05, 4.69) is 10.2 Å². The monoisotopic (exact) mass is 412 g/mol. The summed E-state index contributed by atoms with van der Waals surface area (Å²) in [4.78, 5) is 24.4. The molecule has 0 spiro atoms. The van der Waals surface area contributed by atoms with E-state index in [1.54, 1.807) is 17.0 Å². The number of ether oxygens (including phenoxy) is 2. The fourth-order valence-corrected chi connectivity index (χ4v) is 3.61. The third-order valence-electron chi connectivity index (χ3n) is 5.10. The molecule has 0 N–H and O–H groups in total. The summed E-state index contributed by atoms with van der Waals surface area (Å²) in [5, 5.41) is 19.1. The Balaban J connectivity index is 1.31.